The molecule has 2 aliphatic heterocycles. The highest BCUT2D eigenvalue weighted by Gasteiger charge is 2.32. The van der Waals surface area contributed by atoms with Crippen molar-refractivity contribution in [2.24, 2.45) is 13.0 Å². The number of ether oxygens (including phenoxy) is 1. The molecule has 7 nitrogen and oxygen atoms in total. The van der Waals surface area contributed by atoms with Crippen LogP contribution in [0.15, 0.2) is 12.4 Å². The molecule has 2 fully saturated rings. The Bertz CT molecular complexity index is 546. The number of amides is 2. The summed E-state index contributed by atoms with van der Waals surface area (Å²) < 4.78 is 21.0. The van der Waals surface area contributed by atoms with Gasteiger partial charge in [-0.25, -0.2) is 14.2 Å². The van der Waals surface area contributed by atoms with E-state index in [2.05, 4.69) is 20.5 Å². The molecule has 134 valence electrons. The lowest BCUT2D eigenvalue weighted by atomic mass is 10.1. The van der Waals surface area contributed by atoms with Gasteiger partial charge in [0.05, 0.1) is 13.2 Å². The highest BCUT2D eigenvalue weighted by molar-refractivity contribution is 5.73. The predicted molar refractivity (Wildman–Crippen MR) is 87.2 cm³/mol. The predicted octanol–water partition coefficient (Wildman–Crippen LogP) is 0.668. The Labute approximate surface area is 141 Å². The summed E-state index contributed by atoms with van der Waals surface area (Å²) >= 11 is 0. The van der Waals surface area contributed by atoms with Crippen molar-refractivity contribution in [3.63, 3.8) is 0 Å². The molecule has 0 aliphatic carbocycles. The number of halogens is 1. The van der Waals surface area contributed by atoms with E-state index in [1.165, 1.54) is 0 Å². The molecule has 24 heavy (non-hydrogen) atoms. The van der Waals surface area contributed by atoms with E-state index in [1.54, 1.807) is 6.20 Å². The van der Waals surface area contributed by atoms with E-state index in [1.807, 2.05) is 17.8 Å². The molecule has 1 aromatic rings. The fourth-order valence-electron chi connectivity index (χ4n) is 3.31. The monoisotopic (exact) mass is 339 g/mol. The summed E-state index contributed by atoms with van der Waals surface area (Å²) in [6.45, 7) is 3.54. The van der Waals surface area contributed by atoms with E-state index in [0.717, 1.165) is 18.9 Å². The lowest BCUT2D eigenvalue weighted by Crippen LogP contribution is -2.45. The van der Waals surface area contributed by atoms with Crippen LogP contribution in [-0.4, -0.2) is 65.5 Å². The van der Waals surface area contributed by atoms with Crippen molar-refractivity contribution in [3.05, 3.63) is 18.2 Å². The van der Waals surface area contributed by atoms with Gasteiger partial charge in [0.15, 0.2) is 0 Å². The molecule has 2 N–H and O–H groups in total. The van der Waals surface area contributed by atoms with Crippen molar-refractivity contribution in [2.75, 3.05) is 32.8 Å². The highest BCUT2D eigenvalue weighted by Crippen LogP contribution is 2.21. The zero-order valence-electron chi connectivity index (χ0n) is 14.1. The maximum Gasteiger partial charge on any atom is 0.314 e. The molecule has 0 spiro atoms. The van der Waals surface area contributed by atoms with E-state index < -0.39 is 6.17 Å². The van der Waals surface area contributed by atoms with Crippen LogP contribution in [0.1, 0.15) is 18.7 Å². The van der Waals surface area contributed by atoms with Crippen molar-refractivity contribution in [1.82, 2.24) is 25.1 Å². The summed E-state index contributed by atoms with van der Waals surface area (Å²) in [5.74, 6) is 1.30. The third kappa shape index (κ3) is 4.45. The van der Waals surface area contributed by atoms with Gasteiger partial charge in [0, 0.05) is 57.6 Å². The standard InChI is InChI=1S/C16H26FN5O2/c1-21-4-3-18-15(21)10-22-9-13(17)6-14(22)8-20-16(23)19-7-12-2-5-24-11-12/h3-4,12-14H,2,5-11H2,1H3,(H2,19,20,23)/t12-,13+,14+/m1/s1. The molecule has 3 heterocycles. The Morgan fingerprint density at radius 1 is 1.46 bits per heavy atom. The minimum Gasteiger partial charge on any atom is -0.381 e. The minimum atomic E-state index is -0.851. The number of nitrogens with one attached hydrogen (secondary N) is 2. The van der Waals surface area contributed by atoms with Gasteiger partial charge < -0.3 is 19.9 Å². The molecule has 3 rings (SSSR count). The quantitative estimate of drug-likeness (QED) is 0.799. The van der Waals surface area contributed by atoms with Crippen LogP contribution in [0.25, 0.3) is 0 Å². The van der Waals surface area contributed by atoms with Crippen LogP contribution in [-0.2, 0) is 18.3 Å². The summed E-state index contributed by atoms with van der Waals surface area (Å²) in [4.78, 5) is 18.3. The summed E-state index contributed by atoms with van der Waals surface area (Å²) in [7, 11) is 1.93. The third-order valence-electron chi connectivity index (χ3n) is 4.82. The first-order valence-electron chi connectivity index (χ1n) is 8.55. The molecule has 3 atom stereocenters. The molecule has 1 aromatic heterocycles. The van der Waals surface area contributed by atoms with E-state index in [0.29, 0.717) is 45.1 Å². The molecule has 2 aliphatic rings. The average molecular weight is 339 g/mol. The van der Waals surface area contributed by atoms with Crippen LogP contribution in [0.5, 0.6) is 0 Å². The van der Waals surface area contributed by atoms with Crippen LogP contribution in [0.3, 0.4) is 0 Å². The number of imidazole rings is 1. The second kappa shape index (κ2) is 7.94. The number of carbonyl (C=O) groups is 1. The van der Waals surface area contributed by atoms with Gasteiger partial charge in [-0.15, -0.1) is 0 Å². The molecule has 0 saturated carbocycles. The molecular formula is C16H26FN5O2. The van der Waals surface area contributed by atoms with Crippen molar-refractivity contribution in [3.8, 4) is 0 Å². The Balaban J connectivity index is 1.44. The minimum absolute atomic E-state index is 0.00253. The number of hydrogen-bond acceptors (Lipinski definition) is 4. The van der Waals surface area contributed by atoms with Gasteiger partial charge in [0.2, 0.25) is 0 Å². The molecule has 0 radical (unpaired) electrons. The average Bonchev–Trinajstić information content (AvgIpc) is 3.27. The van der Waals surface area contributed by atoms with Gasteiger partial charge in [-0.05, 0) is 12.8 Å². The molecular weight excluding hydrogens is 313 g/mol. The Kier molecular flexibility index (Phi) is 5.68. The van der Waals surface area contributed by atoms with Crippen molar-refractivity contribution >= 4 is 6.03 Å². The topological polar surface area (TPSA) is 71.4 Å². The van der Waals surface area contributed by atoms with Crippen LogP contribution >= 0.6 is 0 Å². The number of urea groups is 1. The second-order valence-corrected chi connectivity index (χ2v) is 6.69. The van der Waals surface area contributed by atoms with Crippen molar-refractivity contribution in [1.29, 1.82) is 0 Å². The van der Waals surface area contributed by atoms with Crippen LogP contribution < -0.4 is 10.6 Å². The maximum atomic E-state index is 13.8. The first-order chi connectivity index (χ1) is 11.6. The first-order valence-corrected chi connectivity index (χ1v) is 8.55. The van der Waals surface area contributed by atoms with E-state index in [-0.39, 0.29) is 12.1 Å². The number of carbonyl (C=O) groups excluding carboxylic acids is 1. The van der Waals surface area contributed by atoms with Gasteiger partial charge in [-0.3, -0.25) is 4.90 Å². The van der Waals surface area contributed by atoms with Gasteiger partial charge in [-0.1, -0.05) is 0 Å². The zero-order valence-corrected chi connectivity index (χ0v) is 14.1. The Morgan fingerprint density at radius 2 is 2.29 bits per heavy atom. The number of likely N-dealkylation sites (tertiary alicyclic amines) is 1. The number of nitrogens with zero attached hydrogens (tertiary/aromatic N) is 3. The highest BCUT2D eigenvalue weighted by atomic mass is 19.1. The first kappa shape index (κ1) is 17.2. The summed E-state index contributed by atoms with van der Waals surface area (Å²) in [5, 5.41) is 5.74. The van der Waals surface area contributed by atoms with Crippen LogP contribution in [0, 0.1) is 5.92 Å². The smallest absolute Gasteiger partial charge is 0.314 e. The Hall–Kier alpha value is -1.67. The molecule has 2 saturated heterocycles. The van der Waals surface area contributed by atoms with E-state index in [9.17, 15) is 9.18 Å². The maximum absolute atomic E-state index is 13.8. The summed E-state index contributed by atoms with van der Waals surface area (Å²) in [6.07, 6.45) is 4.21. The molecule has 0 bridgehead atoms. The zero-order chi connectivity index (χ0) is 16.9. The number of alkyl halides is 1. The number of aryl methyl sites for hydroxylation is 1. The molecule has 0 aromatic carbocycles. The summed E-state index contributed by atoms with van der Waals surface area (Å²) in [5.41, 5.74) is 0. The van der Waals surface area contributed by atoms with Gasteiger partial charge >= 0.3 is 6.03 Å². The summed E-state index contributed by atoms with van der Waals surface area (Å²) in [6, 6.07) is -0.196. The second-order valence-electron chi connectivity index (χ2n) is 6.69. The lowest BCUT2D eigenvalue weighted by molar-refractivity contribution is 0.184. The number of aromatic nitrogens is 2. The normalized spacial score (nSPS) is 27.5. The lowest BCUT2D eigenvalue weighted by Gasteiger charge is -2.24. The SMILES string of the molecule is Cn1ccnc1CN1C[C@@H](F)C[C@H]1CNC(=O)NC[C@H]1CCOC1. The van der Waals surface area contributed by atoms with Crippen LogP contribution in [0.4, 0.5) is 9.18 Å². The van der Waals surface area contributed by atoms with Gasteiger partial charge in [0.25, 0.3) is 0 Å². The number of hydrogen-bond donors (Lipinski definition) is 2. The number of rotatable bonds is 6. The van der Waals surface area contributed by atoms with Crippen LogP contribution in [0.2, 0.25) is 0 Å². The van der Waals surface area contributed by atoms with Gasteiger partial charge in [-0.2, -0.15) is 0 Å². The Morgan fingerprint density at radius 3 is 3.00 bits per heavy atom. The van der Waals surface area contributed by atoms with E-state index >= 15 is 0 Å². The van der Waals surface area contributed by atoms with Crippen molar-refractivity contribution in [2.45, 2.75) is 31.6 Å². The molecule has 2 amide bonds. The fourth-order valence-corrected chi connectivity index (χ4v) is 3.31. The van der Waals surface area contributed by atoms with E-state index in [4.69, 9.17) is 4.74 Å². The third-order valence-corrected chi connectivity index (χ3v) is 4.82. The molecule has 0 unspecified atom stereocenters. The largest absolute Gasteiger partial charge is 0.381 e. The molecule has 8 heteroatoms. The van der Waals surface area contributed by atoms with Gasteiger partial charge in [0.1, 0.15) is 12.0 Å². The fraction of sp³-hybridized carbons (Fsp3) is 0.750. The van der Waals surface area contributed by atoms with Crippen molar-refractivity contribution < 1.29 is 13.9 Å².